The molecule has 0 aliphatic rings. The number of anilines is 2. The number of thiazole rings is 1. The van der Waals surface area contributed by atoms with E-state index in [0.717, 1.165) is 16.0 Å². The lowest BCUT2D eigenvalue weighted by atomic mass is 10.0. The largest absolute Gasteiger partial charge is 0.383 e. The van der Waals surface area contributed by atoms with E-state index >= 15 is 0 Å². The summed E-state index contributed by atoms with van der Waals surface area (Å²) in [4.78, 5) is 29.8. The molecular formula is C25H24Cl2N6O2S. The number of hydrogen-bond donors (Lipinski definition) is 3. The van der Waals surface area contributed by atoms with Crippen molar-refractivity contribution in [3.63, 3.8) is 0 Å². The summed E-state index contributed by atoms with van der Waals surface area (Å²) in [6.07, 6.45) is 2.43. The number of nitrogens with two attached hydrogens (primary N) is 2. The number of rotatable bonds is 8. The lowest BCUT2D eigenvalue weighted by Crippen LogP contribution is -2.15. The van der Waals surface area contributed by atoms with Gasteiger partial charge in [0.05, 0.1) is 16.5 Å². The summed E-state index contributed by atoms with van der Waals surface area (Å²) >= 11 is 13.7. The second-order valence-electron chi connectivity index (χ2n) is 8.45. The van der Waals surface area contributed by atoms with Gasteiger partial charge in [0.1, 0.15) is 17.1 Å². The molecule has 5 N–H and O–H groups in total. The number of benzene rings is 2. The Morgan fingerprint density at radius 2 is 1.86 bits per heavy atom. The number of carbonyl (C=O) groups excluding carboxylic acids is 2. The number of nitrogens with zero attached hydrogens (tertiary/aromatic N) is 3. The Hall–Kier alpha value is -3.40. The Bertz CT molecular complexity index is 1430. The van der Waals surface area contributed by atoms with E-state index in [0.29, 0.717) is 32.9 Å². The van der Waals surface area contributed by atoms with E-state index in [1.807, 2.05) is 26.0 Å². The molecule has 2 aromatic heterocycles. The monoisotopic (exact) mass is 542 g/mol. The first-order valence-electron chi connectivity index (χ1n) is 11.1. The molecule has 8 nitrogen and oxygen atoms in total. The molecule has 0 aliphatic heterocycles. The van der Waals surface area contributed by atoms with Gasteiger partial charge >= 0.3 is 0 Å². The molecular weight excluding hydrogens is 519 g/mol. The Morgan fingerprint density at radius 3 is 2.53 bits per heavy atom. The lowest BCUT2D eigenvalue weighted by Gasteiger charge is -2.07. The van der Waals surface area contributed by atoms with E-state index in [9.17, 15) is 9.59 Å². The number of primary amides is 1. The van der Waals surface area contributed by atoms with Crippen molar-refractivity contribution in [2.75, 3.05) is 11.1 Å². The van der Waals surface area contributed by atoms with Gasteiger partial charge in [-0.3, -0.25) is 9.59 Å². The van der Waals surface area contributed by atoms with Crippen LogP contribution >= 0.6 is 34.5 Å². The summed E-state index contributed by atoms with van der Waals surface area (Å²) in [6, 6.07) is 12.6. The maximum absolute atomic E-state index is 12.6. The molecule has 0 spiro atoms. The first kappa shape index (κ1) is 25.7. The molecule has 186 valence electrons. The highest BCUT2D eigenvalue weighted by atomic mass is 35.5. The highest BCUT2D eigenvalue weighted by Gasteiger charge is 2.22. The second-order valence-corrected chi connectivity index (χ2v) is 10.4. The molecule has 11 heteroatoms. The Kier molecular flexibility index (Phi) is 7.63. The number of nitrogen functional groups attached to an aromatic ring is 1. The van der Waals surface area contributed by atoms with E-state index in [2.05, 4.69) is 15.4 Å². The van der Waals surface area contributed by atoms with Gasteiger partial charge in [0.2, 0.25) is 5.91 Å². The fourth-order valence-corrected chi connectivity index (χ4v) is 4.97. The zero-order chi connectivity index (χ0) is 26.0. The van der Waals surface area contributed by atoms with Crippen molar-refractivity contribution in [3.8, 4) is 11.3 Å². The van der Waals surface area contributed by atoms with Gasteiger partial charge in [0.25, 0.3) is 5.91 Å². The highest BCUT2D eigenvalue weighted by Crippen LogP contribution is 2.31. The summed E-state index contributed by atoms with van der Waals surface area (Å²) < 4.78 is 1.57. The summed E-state index contributed by atoms with van der Waals surface area (Å²) in [6.45, 7) is 3.83. The lowest BCUT2D eigenvalue weighted by molar-refractivity contribution is -0.115. The van der Waals surface area contributed by atoms with Gasteiger partial charge in [-0.15, -0.1) is 11.3 Å². The van der Waals surface area contributed by atoms with Gasteiger partial charge < -0.3 is 16.8 Å². The van der Waals surface area contributed by atoms with Gasteiger partial charge in [-0.1, -0.05) is 59.6 Å². The maximum atomic E-state index is 12.6. The minimum Gasteiger partial charge on any atom is -0.383 e. The van der Waals surface area contributed by atoms with Crippen LogP contribution < -0.4 is 16.8 Å². The van der Waals surface area contributed by atoms with Crippen molar-refractivity contribution in [1.82, 2.24) is 14.8 Å². The number of halogens is 2. The normalized spacial score (nSPS) is 11.1. The molecule has 2 amide bonds. The molecule has 0 saturated heterocycles. The maximum Gasteiger partial charge on any atom is 0.254 e. The standard InChI is InChI=1S/C25H24Cl2N6O2S/c1-13(2)33-23(28)20(24(29)35)22(32-33)15-8-6-14(7-9-15)10-19(34)31-25-30-12-17(36-25)11-16-4-3-5-18(26)21(16)27/h3-9,12-13H,10-11,28H2,1-2H3,(H2,29,35)(H,30,31,34). The molecule has 0 aliphatic carbocycles. The SMILES string of the molecule is CC(C)n1nc(-c2ccc(CC(=O)Nc3ncc(Cc4cccc(Cl)c4Cl)s3)cc2)c(C(N)=O)c1N. The number of aromatic nitrogens is 3. The van der Waals surface area contributed by atoms with Crippen molar-refractivity contribution in [2.24, 2.45) is 5.73 Å². The van der Waals surface area contributed by atoms with E-state index in [-0.39, 0.29) is 29.8 Å². The van der Waals surface area contributed by atoms with Crippen LogP contribution in [-0.2, 0) is 17.6 Å². The molecule has 0 radical (unpaired) electrons. The number of nitrogens with one attached hydrogen (secondary N) is 1. The third-order valence-corrected chi connectivity index (χ3v) is 7.24. The molecule has 4 aromatic rings. The van der Waals surface area contributed by atoms with E-state index in [1.165, 1.54) is 11.3 Å². The number of carbonyl (C=O) groups is 2. The van der Waals surface area contributed by atoms with Crippen molar-refractivity contribution < 1.29 is 9.59 Å². The van der Waals surface area contributed by atoms with E-state index in [1.54, 1.807) is 41.2 Å². The van der Waals surface area contributed by atoms with Crippen LogP contribution in [0.2, 0.25) is 10.0 Å². The molecule has 36 heavy (non-hydrogen) atoms. The minimum atomic E-state index is -0.640. The number of amides is 2. The summed E-state index contributed by atoms with van der Waals surface area (Å²) in [5, 5.41) is 8.83. The first-order valence-corrected chi connectivity index (χ1v) is 12.7. The molecule has 2 heterocycles. The fourth-order valence-electron chi connectivity index (χ4n) is 3.74. The Balaban J connectivity index is 1.42. The zero-order valence-electron chi connectivity index (χ0n) is 19.6. The Morgan fingerprint density at radius 1 is 1.14 bits per heavy atom. The third kappa shape index (κ3) is 5.53. The van der Waals surface area contributed by atoms with E-state index in [4.69, 9.17) is 34.7 Å². The third-order valence-electron chi connectivity index (χ3n) is 5.47. The first-order chi connectivity index (χ1) is 17.1. The van der Waals surface area contributed by atoms with E-state index < -0.39 is 5.91 Å². The molecule has 0 bridgehead atoms. The smallest absolute Gasteiger partial charge is 0.254 e. The molecule has 0 unspecified atom stereocenters. The summed E-state index contributed by atoms with van der Waals surface area (Å²) in [5.41, 5.74) is 14.6. The molecule has 2 aromatic carbocycles. The highest BCUT2D eigenvalue weighted by molar-refractivity contribution is 7.15. The summed E-state index contributed by atoms with van der Waals surface area (Å²) in [7, 11) is 0. The quantitative estimate of drug-likeness (QED) is 0.276. The second kappa shape index (κ2) is 10.7. The Labute approximate surface area is 222 Å². The predicted molar refractivity (Wildman–Crippen MR) is 145 cm³/mol. The number of hydrogen-bond acceptors (Lipinski definition) is 6. The van der Waals surface area contributed by atoms with Crippen molar-refractivity contribution in [2.45, 2.75) is 32.7 Å². The van der Waals surface area contributed by atoms with Crippen LogP contribution in [0.15, 0.2) is 48.7 Å². The van der Waals surface area contributed by atoms with Crippen LogP contribution in [0.1, 0.15) is 46.3 Å². The van der Waals surface area contributed by atoms with Crippen LogP contribution in [0.5, 0.6) is 0 Å². The average molecular weight is 543 g/mol. The van der Waals surface area contributed by atoms with Crippen molar-refractivity contribution in [1.29, 1.82) is 0 Å². The van der Waals surface area contributed by atoms with Crippen LogP contribution in [0.4, 0.5) is 10.9 Å². The minimum absolute atomic E-state index is 0.0336. The van der Waals surface area contributed by atoms with Gasteiger partial charge in [-0.2, -0.15) is 5.10 Å². The molecule has 4 rings (SSSR count). The molecule has 0 atom stereocenters. The average Bonchev–Trinajstić information content (AvgIpc) is 3.41. The van der Waals surface area contributed by atoms with Crippen LogP contribution in [-0.4, -0.2) is 26.6 Å². The molecule has 0 fully saturated rings. The summed E-state index contributed by atoms with van der Waals surface area (Å²) in [5.74, 6) is -0.606. The van der Waals surface area contributed by atoms with Crippen LogP contribution in [0.25, 0.3) is 11.3 Å². The molecule has 0 saturated carbocycles. The van der Waals surface area contributed by atoms with Gasteiger partial charge in [-0.05, 0) is 31.0 Å². The zero-order valence-corrected chi connectivity index (χ0v) is 21.9. The van der Waals surface area contributed by atoms with Gasteiger partial charge in [0.15, 0.2) is 5.13 Å². The van der Waals surface area contributed by atoms with Crippen molar-refractivity contribution >= 4 is 57.3 Å². The predicted octanol–water partition coefficient (Wildman–Crippen LogP) is 5.35. The van der Waals surface area contributed by atoms with Gasteiger partial charge in [0, 0.05) is 29.1 Å². The van der Waals surface area contributed by atoms with Crippen LogP contribution in [0, 0.1) is 0 Å². The topological polar surface area (TPSA) is 129 Å². The van der Waals surface area contributed by atoms with Crippen molar-refractivity contribution in [3.05, 3.63) is 80.3 Å². The van der Waals surface area contributed by atoms with Crippen LogP contribution in [0.3, 0.4) is 0 Å². The van der Waals surface area contributed by atoms with Gasteiger partial charge in [-0.25, -0.2) is 9.67 Å². The fraction of sp³-hybridized carbons (Fsp3) is 0.200.